The fourth-order valence-electron chi connectivity index (χ4n) is 3.77. The second-order valence-corrected chi connectivity index (χ2v) is 7.02. The second kappa shape index (κ2) is 7.44. The number of piperazine rings is 1. The molecule has 0 aromatic heterocycles. The molecule has 8 heteroatoms. The normalized spacial score (nSPS) is 20.6. The second-order valence-electron chi connectivity index (χ2n) is 7.02. The quantitative estimate of drug-likeness (QED) is 0.847. The van der Waals surface area contributed by atoms with Crippen LogP contribution in [-0.4, -0.2) is 36.7 Å². The number of rotatable bonds is 3. The fourth-order valence-corrected chi connectivity index (χ4v) is 3.77. The third-order valence-electron chi connectivity index (χ3n) is 5.15. The minimum absolute atomic E-state index is 0.0533. The third-order valence-corrected chi connectivity index (χ3v) is 5.15. The molecule has 0 spiro atoms. The number of alkyl halides is 3. The summed E-state index contributed by atoms with van der Waals surface area (Å²) in [6.07, 6.45) is -3.77. The van der Waals surface area contributed by atoms with Gasteiger partial charge in [0.25, 0.3) is 0 Å². The van der Waals surface area contributed by atoms with Crippen molar-refractivity contribution in [2.75, 3.05) is 24.6 Å². The minimum atomic E-state index is -4.46. The molecule has 1 saturated heterocycles. The van der Waals surface area contributed by atoms with Crippen LogP contribution in [0, 0.1) is 0 Å². The Morgan fingerprint density at radius 3 is 2.64 bits per heavy atom. The van der Waals surface area contributed by atoms with Crippen LogP contribution in [0.25, 0.3) is 0 Å². The van der Waals surface area contributed by atoms with E-state index in [1.54, 1.807) is 0 Å². The number of hydrogen-bond donors (Lipinski definition) is 2. The lowest BCUT2D eigenvalue weighted by Crippen LogP contribution is -2.63. The fraction of sp³-hybridized carbons (Fsp3) is 0.350. The smallest absolute Gasteiger partial charge is 0.332 e. The number of hydrogen-bond acceptors (Lipinski definition) is 3. The van der Waals surface area contributed by atoms with Crippen LogP contribution in [0.15, 0.2) is 48.5 Å². The predicted molar refractivity (Wildman–Crippen MR) is 99.7 cm³/mol. The summed E-state index contributed by atoms with van der Waals surface area (Å²) in [5, 5.41) is 9.37. The minimum Gasteiger partial charge on any atom is -0.332 e. The molecule has 4 rings (SSSR count). The van der Waals surface area contributed by atoms with Gasteiger partial charge in [-0.25, -0.2) is 14.8 Å². The monoisotopic (exact) mass is 390 g/mol. The van der Waals surface area contributed by atoms with Crippen molar-refractivity contribution >= 4 is 11.7 Å². The Labute approximate surface area is 161 Å². The number of carbonyl (C=O) groups is 1. The maximum atomic E-state index is 13.2. The van der Waals surface area contributed by atoms with E-state index in [0.717, 1.165) is 17.7 Å². The van der Waals surface area contributed by atoms with Gasteiger partial charge in [0.1, 0.15) is 0 Å². The van der Waals surface area contributed by atoms with Gasteiger partial charge in [-0.1, -0.05) is 36.4 Å². The van der Waals surface area contributed by atoms with Crippen molar-refractivity contribution in [1.29, 1.82) is 0 Å². The summed E-state index contributed by atoms with van der Waals surface area (Å²) in [6.45, 7) is 2.05. The molecule has 2 aromatic carbocycles. The highest BCUT2D eigenvalue weighted by Crippen LogP contribution is 2.36. The summed E-state index contributed by atoms with van der Waals surface area (Å²) in [4.78, 5) is 12.7. The number of amides is 2. The van der Waals surface area contributed by atoms with Gasteiger partial charge in [-0.3, -0.25) is 0 Å². The van der Waals surface area contributed by atoms with Crippen molar-refractivity contribution in [3.8, 4) is 0 Å². The zero-order valence-corrected chi connectivity index (χ0v) is 15.2. The lowest BCUT2D eigenvalue weighted by atomic mass is 10.0. The number of nitrogens with zero attached hydrogens (tertiary/aromatic N) is 2. The average molecular weight is 390 g/mol. The van der Waals surface area contributed by atoms with Gasteiger partial charge in [0.05, 0.1) is 11.3 Å². The largest absolute Gasteiger partial charge is 0.416 e. The molecule has 5 nitrogen and oxygen atoms in total. The first kappa shape index (κ1) is 18.8. The van der Waals surface area contributed by atoms with E-state index in [2.05, 4.69) is 10.6 Å². The highest BCUT2D eigenvalue weighted by molar-refractivity contribution is 5.94. The Balaban J connectivity index is 1.69. The molecule has 2 aliphatic rings. The van der Waals surface area contributed by atoms with E-state index in [4.69, 9.17) is 0 Å². The SMILES string of the molecule is O=C1NCc2ccc(C(F)(F)F)cc2N1N1CCNC[C@@H]1Cc1ccccc1. The van der Waals surface area contributed by atoms with Crippen molar-refractivity contribution in [2.45, 2.75) is 25.2 Å². The first-order valence-corrected chi connectivity index (χ1v) is 9.23. The maximum Gasteiger partial charge on any atom is 0.416 e. The number of urea groups is 1. The lowest BCUT2D eigenvalue weighted by molar-refractivity contribution is -0.137. The molecule has 2 N–H and O–H groups in total. The van der Waals surface area contributed by atoms with Crippen LogP contribution < -0.4 is 15.6 Å². The predicted octanol–water partition coefficient (Wildman–Crippen LogP) is 3.17. The van der Waals surface area contributed by atoms with Crippen molar-refractivity contribution in [3.05, 3.63) is 65.2 Å². The highest BCUT2D eigenvalue weighted by atomic mass is 19.4. The molecule has 0 bridgehead atoms. The van der Waals surface area contributed by atoms with Crippen molar-refractivity contribution < 1.29 is 18.0 Å². The Bertz CT molecular complexity index is 856. The maximum absolute atomic E-state index is 13.2. The Kier molecular flexibility index (Phi) is 4.99. The Morgan fingerprint density at radius 2 is 1.89 bits per heavy atom. The summed E-state index contributed by atoms with van der Waals surface area (Å²) in [7, 11) is 0. The number of halogens is 3. The zero-order valence-electron chi connectivity index (χ0n) is 15.2. The molecule has 28 heavy (non-hydrogen) atoms. The molecular formula is C20H21F3N4O. The number of hydrazine groups is 1. The number of fused-ring (bicyclic) bond motifs is 1. The van der Waals surface area contributed by atoms with Crippen LogP contribution in [0.1, 0.15) is 16.7 Å². The van der Waals surface area contributed by atoms with Gasteiger partial charge in [-0.2, -0.15) is 13.2 Å². The van der Waals surface area contributed by atoms with E-state index in [9.17, 15) is 18.0 Å². The van der Waals surface area contributed by atoms with Crippen LogP contribution in [0.5, 0.6) is 0 Å². The molecule has 0 unspecified atom stereocenters. The molecule has 0 radical (unpaired) electrons. The standard InChI is InChI=1S/C20H21F3N4O/c21-20(22,23)16-7-6-15-12-25-19(28)27(18(15)11-16)26-9-8-24-13-17(26)10-14-4-2-1-3-5-14/h1-7,11,17,24H,8-10,12-13H2,(H,25,28)/t17-/m0/s1. The lowest BCUT2D eigenvalue weighted by Gasteiger charge is -2.45. The van der Waals surface area contributed by atoms with Gasteiger partial charge in [-0.15, -0.1) is 0 Å². The van der Waals surface area contributed by atoms with E-state index in [1.807, 2.05) is 35.3 Å². The van der Waals surface area contributed by atoms with E-state index < -0.39 is 17.8 Å². The van der Waals surface area contributed by atoms with Gasteiger partial charge in [0.15, 0.2) is 0 Å². The molecule has 1 atom stereocenters. The molecule has 148 valence electrons. The average Bonchev–Trinajstić information content (AvgIpc) is 2.68. The van der Waals surface area contributed by atoms with Gasteiger partial charge in [0.2, 0.25) is 0 Å². The van der Waals surface area contributed by atoms with Gasteiger partial charge in [0, 0.05) is 32.2 Å². The van der Waals surface area contributed by atoms with E-state index in [-0.39, 0.29) is 12.6 Å². The highest BCUT2D eigenvalue weighted by Gasteiger charge is 2.37. The summed E-state index contributed by atoms with van der Waals surface area (Å²) in [5.41, 5.74) is 1.34. The molecule has 2 amide bonds. The van der Waals surface area contributed by atoms with Gasteiger partial charge >= 0.3 is 12.2 Å². The summed E-state index contributed by atoms with van der Waals surface area (Å²) < 4.78 is 39.7. The van der Waals surface area contributed by atoms with Gasteiger partial charge < -0.3 is 10.6 Å². The Hall–Kier alpha value is -2.58. The van der Waals surface area contributed by atoms with E-state index in [1.165, 1.54) is 11.1 Å². The number of nitrogens with one attached hydrogen (secondary N) is 2. The van der Waals surface area contributed by atoms with E-state index >= 15 is 0 Å². The number of carbonyl (C=O) groups excluding carboxylic acids is 1. The van der Waals surface area contributed by atoms with Crippen LogP contribution in [0.4, 0.5) is 23.7 Å². The van der Waals surface area contributed by atoms with Crippen molar-refractivity contribution in [3.63, 3.8) is 0 Å². The zero-order chi connectivity index (χ0) is 19.7. The van der Waals surface area contributed by atoms with E-state index in [0.29, 0.717) is 37.3 Å². The van der Waals surface area contributed by atoms with Crippen LogP contribution >= 0.6 is 0 Å². The molecule has 1 fully saturated rings. The molecule has 0 saturated carbocycles. The summed E-state index contributed by atoms with van der Waals surface area (Å²) in [6, 6.07) is 13.0. The first-order chi connectivity index (χ1) is 13.4. The number of benzene rings is 2. The Morgan fingerprint density at radius 1 is 1.11 bits per heavy atom. The molecule has 2 aliphatic heterocycles. The van der Waals surface area contributed by atoms with Crippen LogP contribution in [0.3, 0.4) is 0 Å². The van der Waals surface area contributed by atoms with Crippen LogP contribution in [0.2, 0.25) is 0 Å². The van der Waals surface area contributed by atoms with Crippen LogP contribution in [-0.2, 0) is 19.1 Å². The van der Waals surface area contributed by atoms with Crippen molar-refractivity contribution in [1.82, 2.24) is 15.6 Å². The number of anilines is 1. The summed E-state index contributed by atoms with van der Waals surface area (Å²) >= 11 is 0. The molecule has 0 aliphatic carbocycles. The topological polar surface area (TPSA) is 47.6 Å². The molecular weight excluding hydrogens is 369 g/mol. The van der Waals surface area contributed by atoms with Crippen molar-refractivity contribution in [2.24, 2.45) is 0 Å². The van der Waals surface area contributed by atoms with Gasteiger partial charge in [-0.05, 0) is 29.7 Å². The first-order valence-electron chi connectivity index (χ1n) is 9.23. The third kappa shape index (κ3) is 3.70. The summed E-state index contributed by atoms with van der Waals surface area (Å²) in [5.74, 6) is 0. The molecule has 2 aromatic rings. The molecule has 2 heterocycles.